The summed E-state index contributed by atoms with van der Waals surface area (Å²) in [5.74, 6) is 5.59. The lowest BCUT2D eigenvalue weighted by atomic mass is 9.99. The third-order valence-electron chi connectivity index (χ3n) is 5.17. The molecule has 7 nitrogen and oxygen atoms in total. The number of nitro groups is 1. The molecule has 2 rings (SSSR count). The zero-order valence-corrected chi connectivity index (χ0v) is 16.6. The summed E-state index contributed by atoms with van der Waals surface area (Å²) >= 11 is 0. The van der Waals surface area contributed by atoms with Crippen molar-refractivity contribution in [3.63, 3.8) is 0 Å². The number of benzene rings is 1. The number of unbranched alkanes of at least 4 members (excludes halogenated alkanes) is 3. The lowest BCUT2D eigenvalue weighted by Gasteiger charge is -2.36. The SMILES string of the molecule is CC#Cc1ccc(NCCCCCCN2CCC(O)CC2CO)c([N+](=O)[O-])c1. The summed E-state index contributed by atoms with van der Waals surface area (Å²) in [6.07, 6.45) is 5.26. The second-order valence-corrected chi connectivity index (χ2v) is 7.26. The van der Waals surface area contributed by atoms with E-state index >= 15 is 0 Å². The molecule has 1 aliphatic rings. The summed E-state index contributed by atoms with van der Waals surface area (Å²) in [4.78, 5) is 13.1. The highest BCUT2D eigenvalue weighted by Gasteiger charge is 2.26. The van der Waals surface area contributed by atoms with E-state index in [-0.39, 0.29) is 29.4 Å². The molecule has 0 aromatic heterocycles. The average Bonchev–Trinajstić information content (AvgIpc) is 2.68. The van der Waals surface area contributed by atoms with Crippen molar-refractivity contribution < 1.29 is 15.1 Å². The number of nitrogens with one attached hydrogen (secondary N) is 1. The number of hydrogen-bond donors (Lipinski definition) is 3. The number of anilines is 1. The van der Waals surface area contributed by atoms with E-state index in [1.807, 2.05) is 0 Å². The van der Waals surface area contributed by atoms with Gasteiger partial charge in [-0.25, -0.2) is 0 Å². The molecule has 0 spiro atoms. The van der Waals surface area contributed by atoms with E-state index in [0.29, 0.717) is 24.2 Å². The van der Waals surface area contributed by atoms with Gasteiger partial charge in [0.2, 0.25) is 0 Å². The van der Waals surface area contributed by atoms with Crippen LogP contribution in [0.2, 0.25) is 0 Å². The molecule has 0 bridgehead atoms. The van der Waals surface area contributed by atoms with Gasteiger partial charge < -0.3 is 15.5 Å². The lowest BCUT2D eigenvalue weighted by molar-refractivity contribution is -0.384. The Labute approximate surface area is 166 Å². The third kappa shape index (κ3) is 6.79. The molecule has 7 heteroatoms. The fourth-order valence-corrected chi connectivity index (χ4v) is 3.63. The van der Waals surface area contributed by atoms with E-state index < -0.39 is 0 Å². The first-order valence-electron chi connectivity index (χ1n) is 10.0. The second-order valence-electron chi connectivity index (χ2n) is 7.26. The Kier molecular flexibility index (Phi) is 9.21. The van der Waals surface area contributed by atoms with Gasteiger partial charge in [0, 0.05) is 30.8 Å². The highest BCUT2D eigenvalue weighted by atomic mass is 16.6. The van der Waals surface area contributed by atoms with Crippen molar-refractivity contribution in [2.75, 3.05) is 31.6 Å². The average molecular weight is 389 g/mol. The largest absolute Gasteiger partial charge is 0.395 e. The van der Waals surface area contributed by atoms with Gasteiger partial charge in [0.1, 0.15) is 5.69 Å². The molecule has 0 radical (unpaired) electrons. The van der Waals surface area contributed by atoms with E-state index in [0.717, 1.165) is 45.2 Å². The number of nitrogens with zero attached hydrogens (tertiary/aromatic N) is 2. The smallest absolute Gasteiger partial charge is 0.293 e. The van der Waals surface area contributed by atoms with Crippen molar-refractivity contribution in [3.8, 4) is 11.8 Å². The molecule has 1 aliphatic heterocycles. The lowest BCUT2D eigenvalue weighted by Crippen LogP contribution is -2.46. The summed E-state index contributed by atoms with van der Waals surface area (Å²) < 4.78 is 0. The number of piperidine rings is 1. The maximum Gasteiger partial charge on any atom is 0.293 e. The summed E-state index contributed by atoms with van der Waals surface area (Å²) in [7, 11) is 0. The maximum absolute atomic E-state index is 11.3. The quantitative estimate of drug-likeness (QED) is 0.246. The Morgan fingerprint density at radius 3 is 2.82 bits per heavy atom. The van der Waals surface area contributed by atoms with Crippen molar-refractivity contribution in [2.24, 2.45) is 0 Å². The minimum atomic E-state index is -0.379. The molecule has 2 atom stereocenters. The van der Waals surface area contributed by atoms with Crippen LogP contribution >= 0.6 is 0 Å². The first-order chi connectivity index (χ1) is 13.5. The standard InChI is InChI=1S/C21H31N3O4/c1-2-7-17-8-9-20(21(14-17)24(27)28)22-11-5-3-4-6-12-23-13-10-19(26)15-18(23)16-25/h8-9,14,18-19,22,25-26H,3-6,10-13,15-16H2,1H3. The second kappa shape index (κ2) is 11.6. The molecule has 1 aromatic rings. The van der Waals surface area contributed by atoms with Gasteiger partial charge in [-0.05, 0) is 51.3 Å². The van der Waals surface area contributed by atoms with Gasteiger partial charge in [0.05, 0.1) is 17.6 Å². The van der Waals surface area contributed by atoms with Crippen LogP contribution in [0.1, 0.15) is 51.0 Å². The van der Waals surface area contributed by atoms with Gasteiger partial charge in [0.15, 0.2) is 0 Å². The molecule has 0 amide bonds. The zero-order chi connectivity index (χ0) is 20.4. The van der Waals surface area contributed by atoms with Crippen molar-refractivity contribution in [1.82, 2.24) is 4.90 Å². The number of nitro benzene ring substituents is 1. The topological polar surface area (TPSA) is 98.9 Å². The minimum absolute atomic E-state index is 0.0579. The van der Waals surface area contributed by atoms with E-state index in [1.165, 1.54) is 6.07 Å². The number of rotatable bonds is 10. The third-order valence-corrected chi connectivity index (χ3v) is 5.17. The summed E-state index contributed by atoms with van der Waals surface area (Å²) in [6.45, 7) is 4.28. The highest BCUT2D eigenvalue weighted by Crippen LogP contribution is 2.25. The Balaban J connectivity index is 1.68. The Hall–Kier alpha value is -2.14. The molecule has 1 heterocycles. The van der Waals surface area contributed by atoms with Gasteiger partial charge in [-0.1, -0.05) is 18.8 Å². The molecule has 3 N–H and O–H groups in total. The van der Waals surface area contributed by atoms with Crippen LogP contribution in [-0.4, -0.2) is 58.4 Å². The van der Waals surface area contributed by atoms with Crippen molar-refractivity contribution in [2.45, 2.75) is 57.6 Å². The van der Waals surface area contributed by atoms with E-state index in [1.54, 1.807) is 19.1 Å². The van der Waals surface area contributed by atoms with E-state index in [4.69, 9.17) is 0 Å². The van der Waals surface area contributed by atoms with Gasteiger partial charge in [-0.3, -0.25) is 15.0 Å². The molecule has 1 saturated heterocycles. The normalized spacial score (nSPS) is 19.7. The van der Waals surface area contributed by atoms with Gasteiger partial charge in [-0.2, -0.15) is 0 Å². The van der Waals surface area contributed by atoms with Crippen LogP contribution in [0.4, 0.5) is 11.4 Å². The fraction of sp³-hybridized carbons (Fsp3) is 0.619. The van der Waals surface area contributed by atoms with Crippen molar-refractivity contribution >= 4 is 11.4 Å². The van der Waals surface area contributed by atoms with Crippen LogP contribution in [0.25, 0.3) is 0 Å². The predicted molar refractivity (Wildman–Crippen MR) is 110 cm³/mol. The van der Waals surface area contributed by atoms with Gasteiger partial charge in [-0.15, -0.1) is 5.92 Å². The number of aliphatic hydroxyl groups excluding tert-OH is 2. The van der Waals surface area contributed by atoms with Crippen molar-refractivity contribution in [1.29, 1.82) is 0 Å². The Morgan fingerprint density at radius 2 is 2.11 bits per heavy atom. The van der Waals surface area contributed by atoms with Crippen LogP contribution in [0.3, 0.4) is 0 Å². The van der Waals surface area contributed by atoms with Crippen LogP contribution in [0, 0.1) is 22.0 Å². The number of likely N-dealkylation sites (tertiary alicyclic amines) is 1. The Bertz CT molecular complexity index is 699. The van der Waals surface area contributed by atoms with Crippen LogP contribution in [0.5, 0.6) is 0 Å². The number of aliphatic hydroxyl groups is 2. The first-order valence-corrected chi connectivity index (χ1v) is 10.0. The summed E-state index contributed by atoms with van der Waals surface area (Å²) in [5, 5.41) is 33.6. The van der Waals surface area contributed by atoms with E-state index in [9.17, 15) is 20.3 Å². The molecular formula is C21H31N3O4. The molecule has 1 fully saturated rings. The monoisotopic (exact) mass is 389 g/mol. The fourth-order valence-electron chi connectivity index (χ4n) is 3.63. The van der Waals surface area contributed by atoms with Gasteiger partial charge >= 0.3 is 0 Å². The van der Waals surface area contributed by atoms with Crippen LogP contribution < -0.4 is 5.32 Å². The molecule has 154 valence electrons. The Morgan fingerprint density at radius 1 is 1.32 bits per heavy atom. The summed E-state index contributed by atoms with van der Waals surface area (Å²) in [5.41, 5.74) is 1.23. The number of hydrogen-bond acceptors (Lipinski definition) is 6. The summed E-state index contributed by atoms with van der Waals surface area (Å²) in [6, 6.07) is 5.09. The van der Waals surface area contributed by atoms with Gasteiger partial charge in [0.25, 0.3) is 5.69 Å². The maximum atomic E-state index is 11.3. The molecular weight excluding hydrogens is 358 g/mol. The molecule has 2 unspecified atom stereocenters. The van der Waals surface area contributed by atoms with Crippen molar-refractivity contribution in [3.05, 3.63) is 33.9 Å². The van der Waals surface area contributed by atoms with Crippen LogP contribution in [0.15, 0.2) is 18.2 Å². The first kappa shape index (κ1) is 22.2. The predicted octanol–water partition coefficient (Wildman–Crippen LogP) is 2.76. The molecule has 1 aromatic carbocycles. The highest BCUT2D eigenvalue weighted by molar-refractivity contribution is 5.64. The van der Waals surface area contributed by atoms with Crippen LogP contribution in [-0.2, 0) is 0 Å². The zero-order valence-electron chi connectivity index (χ0n) is 16.6. The molecule has 28 heavy (non-hydrogen) atoms. The molecule has 0 aliphatic carbocycles. The minimum Gasteiger partial charge on any atom is -0.395 e. The molecule has 0 saturated carbocycles. The van der Waals surface area contributed by atoms with E-state index in [2.05, 4.69) is 22.1 Å².